The zero-order valence-electron chi connectivity index (χ0n) is 12.0. The fourth-order valence-corrected chi connectivity index (χ4v) is 1.88. The maximum absolute atomic E-state index is 11.9. The molecule has 0 aromatic heterocycles. The molecule has 0 atom stereocenters. The summed E-state index contributed by atoms with van der Waals surface area (Å²) in [6, 6.07) is 14.6. The Hall–Kier alpha value is -2.62. The van der Waals surface area contributed by atoms with Crippen LogP contribution in [-0.4, -0.2) is 18.4 Å². The lowest BCUT2D eigenvalue weighted by Gasteiger charge is -2.09. The molecule has 0 saturated heterocycles. The first-order chi connectivity index (χ1) is 10.1. The van der Waals surface area contributed by atoms with Gasteiger partial charge < -0.3 is 9.47 Å². The Morgan fingerprint density at radius 3 is 2.33 bits per heavy atom. The van der Waals surface area contributed by atoms with Crippen LogP contribution >= 0.6 is 0 Å². The standard InChI is InChI=1S/C17H16O4/c1-12-10-15(21-14-6-4-3-5-7-14)8-9-16(12)17(19)11-20-13(2)18/h3-10H,11H2,1-2H3. The second kappa shape index (κ2) is 6.70. The van der Waals surface area contributed by atoms with Crippen LogP contribution in [0.1, 0.15) is 22.8 Å². The summed E-state index contributed by atoms with van der Waals surface area (Å²) < 4.78 is 10.4. The molecule has 2 rings (SSSR count). The molecule has 2 aromatic carbocycles. The van der Waals surface area contributed by atoms with Crippen LogP contribution in [0, 0.1) is 6.92 Å². The van der Waals surface area contributed by atoms with E-state index in [9.17, 15) is 9.59 Å². The number of carbonyl (C=O) groups is 2. The van der Waals surface area contributed by atoms with Crippen LogP contribution in [0.15, 0.2) is 48.5 Å². The van der Waals surface area contributed by atoms with Gasteiger partial charge >= 0.3 is 5.97 Å². The second-order valence-corrected chi connectivity index (χ2v) is 4.60. The number of hydrogen-bond donors (Lipinski definition) is 0. The van der Waals surface area contributed by atoms with Crippen molar-refractivity contribution in [3.05, 3.63) is 59.7 Å². The lowest BCUT2D eigenvalue weighted by atomic mass is 10.0. The molecule has 0 saturated carbocycles. The van der Waals surface area contributed by atoms with E-state index in [1.54, 1.807) is 18.2 Å². The fraction of sp³-hybridized carbons (Fsp3) is 0.176. The monoisotopic (exact) mass is 284 g/mol. The van der Waals surface area contributed by atoms with Crippen LogP contribution in [-0.2, 0) is 9.53 Å². The molecule has 0 bridgehead atoms. The molecule has 0 amide bonds. The average Bonchev–Trinajstić information content (AvgIpc) is 2.46. The summed E-state index contributed by atoms with van der Waals surface area (Å²) in [5, 5.41) is 0. The van der Waals surface area contributed by atoms with Gasteiger partial charge in [0.25, 0.3) is 0 Å². The molecule has 0 N–H and O–H groups in total. The van der Waals surface area contributed by atoms with E-state index in [0.717, 1.165) is 11.3 Å². The summed E-state index contributed by atoms with van der Waals surface area (Å²) in [6.07, 6.45) is 0. The lowest BCUT2D eigenvalue weighted by Crippen LogP contribution is -2.13. The number of para-hydroxylation sites is 1. The Balaban J connectivity index is 2.10. The SMILES string of the molecule is CC(=O)OCC(=O)c1ccc(Oc2ccccc2)cc1C. The minimum absolute atomic E-state index is 0.228. The molecule has 0 aliphatic rings. The Bertz CT molecular complexity index is 647. The summed E-state index contributed by atoms with van der Waals surface area (Å²) in [4.78, 5) is 22.6. The van der Waals surface area contributed by atoms with Gasteiger partial charge in [-0.1, -0.05) is 18.2 Å². The van der Waals surface area contributed by atoms with Crippen molar-refractivity contribution in [2.75, 3.05) is 6.61 Å². The Kier molecular flexibility index (Phi) is 4.72. The fourth-order valence-electron chi connectivity index (χ4n) is 1.88. The van der Waals surface area contributed by atoms with E-state index in [2.05, 4.69) is 0 Å². The van der Waals surface area contributed by atoms with E-state index >= 15 is 0 Å². The summed E-state index contributed by atoms with van der Waals surface area (Å²) >= 11 is 0. The zero-order chi connectivity index (χ0) is 15.2. The van der Waals surface area contributed by atoms with Crippen LogP contribution in [0.3, 0.4) is 0 Å². The lowest BCUT2D eigenvalue weighted by molar-refractivity contribution is -0.139. The van der Waals surface area contributed by atoms with Crippen molar-refractivity contribution in [3.8, 4) is 11.5 Å². The van der Waals surface area contributed by atoms with Crippen molar-refractivity contribution in [1.29, 1.82) is 0 Å². The van der Waals surface area contributed by atoms with E-state index in [1.807, 2.05) is 37.3 Å². The minimum Gasteiger partial charge on any atom is -0.457 e. The van der Waals surface area contributed by atoms with Crippen LogP contribution in [0.25, 0.3) is 0 Å². The van der Waals surface area contributed by atoms with Crippen LogP contribution < -0.4 is 4.74 Å². The molecule has 21 heavy (non-hydrogen) atoms. The van der Waals surface area contributed by atoms with Gasteiger partial charge in [0.15, 0.2) is 6.61 Å². The summed E-state index contributed by atoms with van der Waals surface area (Å²) in [5.74, 6) is 0.692. The van der Waals surface area contributed by atoms with E-state index in [4.69, 9.17) is 9.47 Å². The number of esters is 1. The smallest absolute Gasteiger partial charge is 0.303 e. The number of carbonyl (C=O) groups excluding carboxylic acids is 2. The Labute approximate surface area is 123 Å². The van der Waals surface area contributed by atoms with E-state index < -0.39 is 5.97 Å². The third-order valence-electron chi connectivity index (χ3n) is 2.88. The predicted octanol–water partition coefficient (Wildman–Crippen LogP) is 3.53. The van der Waals surface area contributed by atoms with Crippen molar-refractivity contribution in [3.63, 3.8) is 0 Å². The zero-order valence-corrected chi connectivity index (χ0v) is 12.0. The number of benzene rings is 2. The summed E-state index contributed by atoms with van der Waals surface area (Å²) in [6.45, 7) is 2.85. The molecule has 0 fully saturated rings. The highest BCUT2D eigenvalue weighted by Crippen LogP contribution is 2.23. The van der Waals surface area contributed by atoms with Crippen molar-refractivity contribution < 1.29 is 19.1 Å². The maximum atomic E-state index is 11.9. The Morgan fingerprint density at radius 2 is 1.71 bits per heavy atom. The highest BCUT2D eigenvalue weighted by atomic mass is 16.5. The summed E-state index contributed by atoms with van der Waals surface area (Å²) in [7, 11) is 0. The topological polar surface area (TPSA) is 52.6 Å². The number of rotatable bonds is 5. The molecule has 108 valence electrons. The average molecular weight is 284 g/mol. The first kappa shape index (κ1) is 14.8. The number of ketones is 1. The normalized spacial score (nSPS) is 10.0. The highest BCUT2D eigenvalue weighted by Gasteiger charge is 2.11. The molecule has 0 radical (unpaired) electrons. The molecule has 4 nitrogen and oxygen atoms in total. The number of hydrogen-bond acceptors (Lipinski definition) is 4. The number of Topliss-reactive ketones (excluding diaryl/α,β-unsaturated/α-hetero) is 1. The molecule has 0 unspecified atom stereocenters. The van der Waals surface area contributed by atoms with Crippen LogP contribution in [0.2, 0.25) is 0 Å². The Morgan fingerprint density at radius 1 is 1.00 bits per heavy atom. The largest absolute Gasteiger partial charge is 0.457 e. The van der Waals surface area contributed by atoms with Gasteiger partial charge in [0.05, 0.1) is 0 Å². The van der Waals surface area contributed by atoms with E-state index in [-0.39, 0.29) is 12.4 Å². The maximum Gasteiger partial charge on any atom is 0.303 e. The first-order valence-electron chi connectivity index (χ1n) is 6.56. The van der Waals surface area contributed by atoms with Gasteiger partial charge in [-0.25, -0.2) is 0 Å². The van der Waals surface area contributed by atoms with Crippen molar-refractivity contribution >= 4 is 11.8 Å². The number of ether oxygens (including phenoxy) is 2. The molecule has 0 aliphatic heterocycles. The molecular formula is C17H16O4. The molecule has 4 heteroatoms. The number of aryl methyl sites for hydroxylation is 1. The molecule has 0 spiro atoms. The minimum atomic E-state index is -0.468. The first-order valence-corrected chi connectivity index (χ1v) is 6.56. The van der Waals surface area contributed by atoms with Crippen molar-refractivity contribution in [2.24, 2.45) is 0 Å². The van der Waals surface area contributed by atoms with Gasteiger partial charge in [-0.3, -0.25) is 9.59 Å². The van der Waals surface area contributed by atoms with Gasteiger partial charge in [0.1, 0.15) is 11.5 Å². The molecular weight excluding hydrogens is 268 g/mol. The van der Waals surface area contributed by atoms with Gasteiger partial charge in [0, 0.05) is 12.5 Å². The third-order valence-corrected chi connectivity index (χ3v) is 2.88. The second-order valence-electron chi connectivity index (χ2n) is 4.60. The van der Waals surface area contributed by atoms with Crippen molar-refractivity contribution in [1.82, 2.24) is 0 Å². The van der Waals surface area contributed by atoms with Gasteiger partial charge in [0.2, 0.25) is 5.78 Å². The van der Waals surface area contributed by atoms with Gasteiger partial charge in [-0.15, -0.1) is 0 Å². The highest BCUT2D eigenvalue weighted by molar-refractivity contribution is 5.99. The molecule has 2 aromatic rings. The van der Waals surface area contributed by atoms with Crippen LogP contribution in [0.4, 0.5) is 0 Å². The van der Waals surface area contributed by atoms with E-state index in [1.165, 1.54) is 6.92 Å². The van der Waals surface area contributed by atoms with Gasteiger partial charge in [-0.05, 0) is 42.8 Å². The quantitative estimate of drug-likeness (QED) is 0.622. The van der Waals surface area contributed by atoms with Gasteiger partial charge in [-0.2, -0.15) is 0 Å². The van der Waals surface area contributed by atoms with Crippen LogP contribution in [0.5, 0.6) is 11.5 Å². The van der Waals surface area contributed by atoms with Crippen molar-refractivity contribution in [2.45, 2.75) is 13.8 Å². The molecule has 0 heterocycles. The molecule has 0 aliphatic carbocycles. The predicted molar refractivity (Wildman–Crippen MR) is 78.7 cm³/mol. The van der Waals surface area contributed by atoms with E-state index in [0.29, 0.717) is 11.3 Å². The third kappa shape index (κ3) is 4.18. The summed E-state index contributed by atoms with van der Waals surface area (Å²) in [5.41, 5.74) is 1.30.